The first-order valence-electron chi connectivity index (χ1n) is 5.96. The number of benzene rings is 1. The van der Waals surface area contributed by atoms with Crippen molar-refractivity contribution in [2.24, 2.45) is 5.92 Å². The second kappa shape index (κ2) is 5.51. The minimum Gasteiger partial charge on any atom is -0.342 e. The average molecular weight is 346 g/mol. The van der Waals surface area contributed by atoms with Crippen LogP contribution in [-0.4, -0.2) is 24.4 Å². The molecule has 1 heterocycles. The molecule has 0 spiro atoms. The predicted molar refractivity (Wildman–Crippen MR) is 78.3 cm³/mol. The summed E-state index contributed by atoms with van der Waals surface area (Å²) in [7, 11) is 0. The van der Waals surface area contributed by atoms with E-state index in [1.807, 2.05) is 13.8 Å². The Hall–Kier alpha value is -1.07. The molecule has 2 amide bonds. The van der Waals surface area contributed by atoms with Gasteiger partial charge in [-0.3, -0.25) is 14.5 Å². The molecule has 1 aromatic rings. The van der Waals surface area contributed by atoms with Gasteiger partial charge in [0.1, 0.15) is 12.6 Å². The van der Waals surface area contributed by atoms with Crippen molar-refractivity contribution in [3.05, 3.63) is 27.7 Å². The Balaban J connectivity index is 2.37. The maximum Gasteiger partial charge on any atom is 0.250 e. The third kappa shape index (κ3) is 2.92. The summed E-state index contributed by atoms with van der Waals surface area (Å²) in [4.78, 5) is 25.6. The second-order valence-electron chi connectivity index (χ2n) is 4.81. The third-order valence-electron chi connectivity index (χ3n) is 3.02. The first-order valence-corrected chi connectivity index (χ1v) is 7.13. The largest absolute Gasteiger partial charge is 0.342 e. The van der Waals surface area contributed by atoms with E-state index in [-0.39, 0.29) is 24.3 Å². The fourth-order valence-electron chi connectivity index (χ4n) is 2.03. The summed E-state index contributed by atoms with van der Waals surface area (Å²) < 4.78 is 0.829. The standard InChI is InChI=1S/C13H14BrClN2O2/c1-7(2)12-13(19)17(6-11(18)16-12)10-4-3-8(14)5-9(10)15/h3-5,7,12H,6H2,1-2H3,(H,16,18). The molecular formula is C13H14BrClN2O2. The van der Waals surface area contributed by atoms with Gasteiger partial charge in [0.25, 0.3) is 0 Å². The van der Waals surface area contributed by atoms with E-state index >= 15 is 0 Å². The van der Waals surface area contributed by atoms with Crippen LogP contribution in [0.4, 0.5) is 5.69 Å². The fraction of sp³-hybridized carbons (Fsp3) is 0.385. The van der Waals surface area contributed by atoms with Gasteiger partial charge in [-0.1, -0.05) is 41.4 Å². The number of carbonyl (C=O) groups is 2. The number of piperazine rings is 1. The van der Waals surface area contributed by atoms with Crippen LogP contribution in [0.1, 0.15) is 13.8 Å². The lowest BCUT2D eigenvalue weighted by Crippen LogP contribution is -2.60. The van der Waals surface area contributed by atoms with E-state index in [1.165, 1.54) is 4.90 Å². The van der Waals surface area contributed by atoms with Crippen molar-refractivity contribution in [3.8, 4) is 0 Å². The van der Waals surface area contributed by atoms with E-state index in [9.17, 15) is 9.59 Å². The van der Waals surface area contributed by atoms with E-state index < -0.39 is 6.04 Å². The summed E-state index contributed by atoms with van der Waals surface area (Å²) >= 11 is 9.46. The monoisotopic (exact) mass is 344 g/mol. The molecule has 1 fully saturated rings. The minimum atomic E-state index is -0.499. The molecular weight excluding hydrogens is 332 g/mol. The lowest BCUT2D eigenvalue weighted by Gasteiger charge is -2.34. The van der Waals surface area contributed by atoms with Gasteiger partial charge in [0.2, 0.25) is 11.8 Å². The van der Waals surface area contributed by atoms with E-state index in [1.54, 1.807) is 18.2 Å². The van der Waals surface area contributed by atoms with Crippen molar-refractivity contribution in [3.63, 3.8) is 0 Å². The zero-order valence-electron chi connectivity index (χ0n) is 10.6. The van der Waals surface area contributed by atoms with Gasteiger partial charge in [-0.05, 0) is 24.1 Å². The van der Waals surface area contributed by atoms with E-state index in [0.717, 1.165) is 4.47 Å². The maximum absolute atomic E-state index is 12.4. The molecule has 1 unspecified atom stereocenters. The Kier molecular flexibility index (Phi) is 4.16. The quantitative estimate of drug-likeness (QED) is 0.895. The van der Waals surface area contributed by atoms with Crippen molar-refractivity contribution >= 4 is 45.0 Å². The van der Waals surface area contributed by atoms with Crippen LogP contribution in [0.3, 0.4) is 0 Å². The van der Waals surface area contributed by atoms with Gasteiger partial charge in [-0.2, -0.15) is 0 Å². The van der Waals surface area contributed by atoms with Gasteiger partial charge in [0.15, 0.2) is 0 Å². The number of amides is 2. The minimum absolute atomic E-state index is 0.00338. The van der Waals surface area contributed by atoms with Gasteiger partial charge in [0, 0.05) is 4.47 Å². The highest BCUT2D eigenvalue weighted by molar-refractivity contribution is 9.10. The van der Waals surface area contributed by atoms with Crippen LogP contribution < -0.4 is 10.2 Å². The number of nitrogens with zero attached hydrogens (tertiary/aromatic N) is 1. The first kappa shape index (κ1) is 14.3. The maximum atomic E-state index is 12.4. The van der Waals surface area contributed by atoms with Crippen molar-refractivity contribution < 1.29 is 9.59 Å². The van der Waals surface area contributed by atoms with E-state index in [4.69, 9.17) is 11.6 Å². The molecule has 102 valence electrons. The summed E-state index contributed by atoms with van der Waals surface area (Å²) in [5, 5.41) is 3.16. The number of carbonyl (C=O) groups excluding carboxylic acids is 2. The van der Waals surface area contributed by atoms with Crippen molar-refractivity contribution in [2.45, 2.75) is 19.9 Å². The van der Waals surface area contributed by atoms with Crippen LogP contribution in [0, 0.1) is 5.92 Å². The molecule has 6 heteroatoms. The molecule has 1 aliphatic rings. The second-order valence-corrected chi connectivity index (χ2v) is 6.13. The zero-order valence-corrected chi connectivity index (χ0v) is 13.0. The molecule has 1 aromatic carbocycles. The van der Waals surface area contributed by atoms with Gasteiger partial charge in [0.05, 0.1) is 10.7 Å². The molecule has 0 bridgehead atoms. The molecule has 0 aliphatic carbocycles. The fourth-order valence-corrected chi connectivity index (χ4v) is 2.80. The molecule has 1 N–H and O–H groups in total. The van der Waals surface area contributed by atoms with Crippen molar-refractivity contribution in [2.75, 3.05) is 11.4 Å². The number of hydrogen-bond acceptors (Lipinski definition) is 2. The Morgan fingerprint density at radius 3 is 2.68 bits per heavy atom. The highest BCUT2D eigenvalue weighted by Gasteiger charge is 2.35. The summed E-state index contributed by atoms with van der Waals surface area (Å²) in [6, 6.07) is 4.74. The molecule has 0 aromatic heterocycles. The number of halogens is 2. The third-order valence-corrected chi connectivity index (χ3v) is 3.81. The SMILES string of the molecule is CC(C)C1NC(=O)CN(c2ccc(Br)cc2Cl)C1=O. The molecule has 19 heavy (non-hydrogen) atoms. The number of rotatable bonds is 2. The molecule has 0 radical (unpaired) electrons. The molecule has 1 atom stereocenters. The van der Waals surface area contributed by atoms with Gasteiger partial charge in [-0.25, -0.2) is 0 Å². The Bertz CT molecular complexity index is 533. The molecule has 2 rings (SSSR count). The molecule has 4 nitrogen and oxygen atoms in total. The Morgan fingerprint density at radius 1 is 1.42 bits per heavy atom. The van der Waals surface area contributed by atoms with Crippen LogP contribution in [0.25, 0.3) is 0 Å². The van der Waals surface area contributed by atoms with Crippen LogP contribution >= 0.6 is 27.5 Å². The molecule has 1 saturated heterocycles. The average Bonchev–Trinajstić information content (AvgIpc) is 2.32. The van der Waals surface area contributed by atoms with Crippen molar-refractivity contribution in [1.82, 2.24) is 5.32 Å². The number of hydrogen-bond donors (Lipinski definition) is 1. The van der Waals surface area contributed by atoms with E-state index in [2.05, 4.69) is 21.2 Å². The predicted octanol–water partition coefficient (Wildman–Crippen LogP) is 2.59. The van der Waals surface area contributed by atoms with Crippen molar-refractivity contribution in [1.29, 1.82) is 0 Å². The molecule has 1 aliphatic heterocycles. The normalized spacial score (nSPS) is 19.8. The lowest BCUT2D eigenvalue weighted by molar-refractivity contribution is -0.132. The summed E-state index contributed by atoms with van der Waals surface area (Å²) in [6.07, 6.45) is 0. The summed E-state index contributed by atoms with van der Waals surface area (Å²) in [5.74, 6) is -0.260. The van der Waals surface area contributed by atoms with Gasteiger partial charge >= 0.3 is 0 Å². The van der Waals surface area contributed by atoms with Gasteiger partial charge < -0.3 is 5.32 Å². The van der Waals surface area contributed by atoms with Crippen LogP contribution in [0.2, 0.25) is 5.02 Å². The van der Waals surface area contributed by atoms with Crippen LogP contribution in [-0.2, 0) is 9.59 Å². The summed E-state index contributed by atoms with van der Waals surface area (Å²) in [5.41, 5.74) is 0.565. The topological polar surface area (TPSA) is 49.4 Å². The van der Waals surface area contributed by atoms with E-state index in [0.29, 0.717) is 10.7 Å². The zero-order chi connectivity index (χ0) is 14.2. The van der Waals surface area contributed by atoms with Crippen LogP contribution in [0.15, 0.2) is 22.7 Å². The Morgan fingerprint density at radius 2 is 2.11 bits per heavy atom. The Labute approximate surface area is 125 Å². The van der Waals surface area contributed by atoms with Crippen LogP contribution in [0.5, 0.6) is 0 Å². The summed E-state index contributed by atoms with van der Waals surface area (Å²) in [6.45, 7) is 3.80. The van der Waals surface area contributed by atoms with Gasteiger partial charge in [-0.15, -0.1) is 0 Å². The molecule has 0 saturated carbocycles. The first-order chi connectivity index (χ1) is 8.90. The number of anilines is 1. The smallest absolute Gasteiger partial charge is 0.250 e. The highest BCUT2D eigenvalue weighted by Crippen LogP contribution is 2.30. The highest BCUT2D eigenvalue weighted by atomic mass is 79.9. The lowest BCUT2D eigenvalue weighted by atomic mass is 10.0. The number of nitrogens with one attached hydrogen (secondary N) is 1.